The van der Waals surface area contributed by atoms with Gasteiger partial charge < -0.3 is 14.0 Å². The summed E-state index contributed by atoms with van der Waals surface area (Å²) in [5.74, 6) is -2.23. The van der Waals surface area contributed by atoms with Crippen LogP contribution >= 0.6 is 0 Å². The molecule has 0 amide bonds. The van der Waals surface area contributed by atoms with Gasteiger partial charge in [0.05, 0.1) is 25.7 Å². The van der Waals surface area contributed by atoms with Crippen LogP contribution in [0.5, 0.6) is 5.75 Å². The Hall–Kier alpha value is -1.38. The van der Waals surface area contributed by atoms with E-state index in [2.05, 4.69) is 4.72 Å². The fraction of sp³-hybridized carbons (Fsp3) is 0.562. The van der Waals surface area contributed by atoms with E-state index in [1.54, 1.807) is 20.8 Å². The zero-order chi connectivity index (χ0) is 18.1. The maximum absolute atomic E-state index is 14.5. The summed E-state index contributed by atoms with van der Waals surface area (Å²) in [6.07, 6.45) is -0.0519. The molecule has 0 saturated carbocycles. The van der Waals surface area contributed by atoms with Gasteiger partial charge in [-0.2, -0.15) is 0 Å². The summed E-state index contributed by atoms with van der Waals surface area (Å²) in [4.78, 5) is 11.9. The van der Waals surface area contributed by atoms with Crippen LogP contribution in [-0.2, 0) is 26.4 Å². The number of esters is 1. The van der Waals surface area contributed by atoms with E-state index in [9.17, 15) is 18.1 Å². The van der Waals surface area contributed by atoms with Gasteiger partial charge >= 0.3 is 5.97 Å². The van der Waals surface area contributed by atoms with Crippen LogP contribution in [0.4, 0.5) is 8.78 Å². The van der Waals surface area contributed by atoms with Crippen LogP contribution in [0.2, 0.25) is 0 Å². The Morgan fingerprint density at radius 2 is 2.12 bits per heavy atom. The summed E-state index contributed by atoms with van der Waals surface area (Å²) in [6, 6.07) is 1.78. The lowest BCUT2D eigenvalue weighted by molar-refractivity contribution is -0.142. The Balaban J connectivity index is 2.55. The number of rotatable bonds is 4. The van der Waals surface area contributed by atoms with Gasteiger partial charge in [-0.05, 0) is 20.8 Å². The average molecular weight is 361 g/mol. The molecule has 0 saturated heterocycles. The van der Waals surface area contributed by atoms with Crippen LogP contribution in [0.1, 0.15) is 39.2 Å². The normalized spacial score (nSPS) is 21.6. The summed E-state index contributed by atoms with van der Waals surface area (Å²) >= 11 is -1.59. The summed E-state index contributed by atoms with van der Waals surface area (Å²) < 4.78 is 52.9. The fourth-order valence-corrected chi connectivity index (χ4v) is 3.49. The Morgan fingerprint density at radius 1 is 1.46 bits per heavy atom. The minimum Gasteiger partial charge on any atom is -0.598 e. The minimum absolute atomic E-state index is 0.000984. The first kappa shape index (κ1) is 19.0. The van der Waals surface area contributed by atoms with Gasteiger partial charge in [0.2, 0.25) is 0 Å². The Kier molecular flexibility index (Phi) is 5.41. The monoisotopic (exact) mass is 361 g/mol. The highest BCUT2D eigenvalue weighted by Crippen LogP contribution is 2.43. The van der Waals surface area contributed by atoms with Crippen LogP contribution in [0.15, 0.2) is 12.1 Å². The molecule has 134 valence electrons. The highest BCUT2D eigenvalue weighted by Gasteiger charge is 2.48. The predicted octanol–water partition coefficient (Wildman–Crippen LogP) is 2.56. The number of nitrogens with one attached hydrogen (secondary N) is 1. The van der Waals surface area contributed by atoms with E-state index in [0.717, 1.165) is 12.1 Å². The van der Waals surface area contributed by atoms with Gasteiger partial charge in [-0.15, -0.1) is 4.72 Å². The lowest BCUT2D eigenvalue weighted by Crippen LogP contribution is -2.54. The molecule has 24 heavy (non-hydrogen) atoms. The van der Waals surface area contributed by atoms with Crippen molar-refractivity contribution in [3.8, 4) is 5.75 Å². The number of hydrogen-bond acceptors (Lipinski definition) is 5. The SMILES string of the molecule is COC(=O)C[C@@]1(N[S+]([O-])C(C)(C)C)CCOc2cc(F)cc(F)c21. The molecule has 2 rings (SSSR count). The molecule has 1 aromatic rings. The standard InChI is InChI=1S/C16H21F2NO4S/c1-15(2,3)24(21)19-16(9-13(20)22-4)5-6-23-12-8-10(17)7-11(18)14(12)16/h7-8,19H,5-6,9H2,1-4H3/t16-,24?/m0/s1. The fourth-order valence-electron chi connectivity index (χ4n) is 2.55. The zero-order valence-electron chi connectivity index (χ0n) is 14.1. The van der Waals surface area contributed by atoms with Gasteiger partial charge in [0.25, 0.3) is 0 Å². The molecular weight excluding hydrogens is 340 g/mol. The third kappa shape index (κ3) is 3.81. The molecular formula is C16H21F2NO4S. The molecule has 8 heteroatoms. The van der Waals surface area contributed by atoms with Gasteiger partial charge in [0.1, 0.15) is 27.7 Å². The Labute approximate surface area is 143 Å². The van der Waals surface area contributed by atoms with Crippen LogP contribution in [0.25, 0.3) is 0 Å². The summed E-state index contributed by atoms with van der Waals surface area (Å²) in [6.45, 7) is 5.39. The molecule has 0 fully saturated rings. The minimum atomic E-state index is -1.59. The number of methoxy groups -OCH3 is 1. The van der Waals surface area contributed by atoms with Crippen molar-refractivity contribution in [3.05, 3.63) is 29.3 Å². The molecule has 1 aromatic carbocycles. The van der Waals surface area contributed by atoms with Crippen molar-refractivity contribution in [1.29, 1.82) is 0 Å². The van der Waals surface area contributed by atoms with E-state index in [1.807, 2.05) is 0 Å². The average Bonchev–Trinajstić information content (AvgIpc) is 2.45. The number of hydrogen-bond donors (Lipinski definition) is 1. The topological polar surface area (TPSA) is 70.6 Å². The van der Waals surface area contributed by atoms with E-state index in [-0.39, 0.29) is 30.8 Å². The predicted molar refractivity (Wildman–Crippen MR) is 85.8 cm³/mol. The van der Waals surface area contributed by atoms with Gasteiger partial charge in [0.15, 0.2) is 0 Å². The maximum Gasteiger partial charge on any atom is 0.307 e. The van der Waals surface area contributed by atoms with Crippen molar-refractivity contribution in [2.75, 3.05) is 13.7 Å². The molecule has 0 bridgehead atoms. The second kappa shape index (κ2) is 6.85. The molecule has 1 heterocycles. The van der Waals surface area contributed by atoms with Gasteiger partial charge in [-0.3, -0.25) is 4.79 Å². The first-order chi connectivity index (χ1) is 11.1. The number of carbonyl (C=O) groups is 1. The van der Waals surface area contributed by atoms with Crippen molar-refractivity contribution in [3.63, 3.8) is 0 Å². The van der Waals surface area contributed by atoms with E-state index < -0.39 is 39.3 Å². The number of benzene rings is 1. The second-order valence-corrected chi connectivity index (χ2v) is 8.64. The van der Waals surface area contributed by atoms with E-state index in [1.165, 1.54) is 7.11 Å². The summed E-state index contributed by atoms with van der Waals surface area (Å²) in [7, 11) is 1.22. The van der Waals surface area contributed by atoms with Gasteiger partial charge in [-0.1, -0.05) is 0 Å². The summed E-state index contributed by atoms with van der Waals surface area (Å²) in [5.41, 5.74) is -1.30. The van der Waals surface area contributed by atoms with Crippen LogP contribution in [-0.4, -0.2) is 29.0 Å². The number of halogens is 2. The second-order valence-electron chi connectivity index (χ2n) is 6.68. The zero-order valence-corrected chi connectivity index (χ0v) is 14.9. The molecule has 5 nitrogen and oxygen atoms in total. The third-order valence-electron chi connectivity index (χ3n) is 3.80. The molecule has 1 aliphatic heterocycles. The van der Waals surface area contributed by atoms with Gasteiger partial charge in [-0.25, -0.2) is 8.78 Å². The van der Waals surface area contributed by atoms with E-state index in [0.29, 0.717) is 0 Å². The summed E-state index contributed by atoms with van der Waals surface area (Å²) in [5, 5.41) is 0. The first-order valence-corrected chi connectivity index (χ1v) is 8.63. The van der Waals surface area contributed by atoms with Crippen LogP contribution < -0.4 is 9.46 Å². The molecule has 0 radical (unpaired) electrons. The van der Waals surface area contributed by atoms with Crippen LogP contribution in [0, 0.1) is 11.6 Å². The van der Waals surface area contributed by atoms with E-state index in [4.69, 9.17) is 9.47 Å². The van der Waals surface area contributed by atoms with Crippen molar-refractivity contribution < 1.29 is 27.6 Å². The molecule has 0 aliphatic carbocycles. The van der Waals surface area contributed by atoms with Crippen LogP contribution in [0.3, 0.4) is 0 Å². The molecule has 1 aliphatic rings. The van der Waals surface area contributed by atoms with Crippen molar-refractivity contribution >= 4 is 17.3 Å². The largest absolute Gasteiger partial charge is 0.598 e. The highest BCUT2D eigenvalue weighted by molar-refractivity contribution is 7.90. The smallest absolute Gasteiger partial charge is 0.307 e. The van der Waals surface area contributed by atoms with Crippen molar-refractivity contribution in [2.45, 2.75) is 43.9 Å². The first-order valence-electron chi connectivity index (χ1n) is 7.48. The lowest BCUT2D eigenvalue weighted by atomic mass is 9.82. The molecule has 0 spiro atoms. The molecule has 1 N–H and O–H groups in total. The third-order valence-corrected chi connectivity index (χ3v) is 5.49. The van der Waals surface area contributed by atoms with Gasteiger partial charge in [0, 0.05) is 29.9 Å². The number of carbonyl (C=O) groups excluding carboxylic acids is 1. The molecule has 2 atom stereocenters. The van der Waals surface area contributed by atoms with E-state index >= 15 is 0 Å². The number of fused-ring (bicyclic) bond motifs is 1. The quantitative estimate of drug-likeness (QED) is 0.659. The molecule has 0 aromatic heterocycles. The lowest BCUT2D eigenvalue weighted by Gasteiger charge is -2.40. The molecule has 1 unspecified atom stereocenters. The van der Waals surface area contributed by atoms with Crippen molar-refractivity contribution in [2.24, 2.45) is 0 Å². The number of ether oxygens (including phenoxy) is 2. The Bertz CT molecular complexity index is 635. The maximum atomic E-state index is 14.5. The van der Waals surface area contributed by atoms with Crippen molar-refractivity contribution in [1.82, 2.24) is 4.72 Å². The highest BCUT2D eigenvalue weighted by atomic mass is 32.2. The Morgan fingerprint density at radius 3 is 2.71 bits per heavy atom.